The first-order valence-corrected chi connectivity index (χ1v) is 8.40. The van der Waals surface area contributed by atoms with E-state index in [2.05, 4.69) is 20.3 Å². The average molecular weight is 372 g/mol. The van der Waals surface area contributed by atoms with E-state index < -0.39 is 5.82 Å². The van der Waals surface area contributed by atoms with Gasteiger partial charge < -0.3 is 10.1 Å². The molecule has 8 heteroatoms. The summed E-state index contributed by atoms with van der Waals surface area (Å²) in [5, 5.41) is 3.99. The summed E-state index contributed by atoms with van der Waals surface area (Å²) in [5.74, 6) is 0.117. The van der Waals surface area contributed by atoms with E-state index in [4.69, 9.17) is 16.3 Å². The molecule has 6 nitrogen and oxygen atoms in total. The number of nitrogens with zero attached hydrogens (tertiary/aromatic N) is 4. The van der Waals surface area contributed by atoms with Crippen molar-refractivity contribution in [3.05, 3.63) is 47.5 Å². The number of ether oxygens (including phenoxy) is 1. The molecule has 4 rings (SSSR count). The van der Waals surface area contributed by atoms with E-state index in [0.29, 0.717) is 24.1 Å². The van der Waals surface area contributed by atoms with Crippen LogP contribution < -0.4 is 10.1 Å². The van der Waals surface area contributed by atoms with E-state index in [0.717, 1.165) is 21.9 Å². The summed E-state index contributed by atoms with van der Waals surface area (Å²) >= 11 is 5.85. The largest absolute Gasteiger partial charge is 0.465 e. The number of fused-ring (bicyclic) bond motifs is 2. The third-order valence-corrected chi connectivity index (χ3v) is 4.34. The molecule has 0 saturated carbocycles. The van der Waals surface area contributed by atoms with Crippen LogP contribution in [-0.4, -0.2) is 26.1 Å². The van der Waals surface area contributed by atoms with Crippen molar-refractivity contribution in [2.24, 2.45) is 7.05 Å². The monoisotopic (exact) mass is 371 g/mol. The van der Waals surface area contributed by atoms with E-state index in [1.807, 2.05) is 30.7 Å². The Kier molecular flexibility index (Phi) is 4.08. The summed E-state index contributed by atoms with van der Waals surface area (Å²) < 4.78 is 20.8. The third-order valence-electron chi connectivity index (χ3n) is 4.05. The van der Waals surface area contributed by atoms with Gasteiger partial charge >= 0.3 is 0 Å². The van der Waals surface area contributed by atoms with E-state index in [-0.39, 0.29) is 5.02 Å². The summed E-state index contributed by atoms with van der Waals surface area (Å²) in [7, 11) is 1.90. The van der Waals surface area contributed by atoms with Crippen LogP contribution >= 0.6 is 11.6 Å². The standard InChI is InChI=1S/C18H15ClFN5O/c1-3-26-18-24-15-7-11-14(8-16(15)25(18)2)21-9-22-17(11)23-10-4-5-13(20)12(19)6-10/h4-9H,3H2,1-2H3,(H,21,22,23). The van der Waals surface area contributed by atoms with Crippen molar-refractivity contribution in [3.63, 3.8) is 0 Å². The zero-order valence-electron chi connectivity index (χ0n) is 14.1. The maximum absolute atomic E-state index is 13.4. The van der Waals surface area contributed by atoms with Crippen LogP contribution in [0.2, 0.25) is 5.02 Å². The highest BCUT2D eigenvalue weighted by Crippen LogP contribution is 2.30. The lowest BCUT2D eigenvalue weighted by Gasteiger charge is -2.09. The van der Waals surface area contributed by atoms with Crippen LogP contribution in [0.5, 0.6) is 6.01 Å². The fourth-order valence-electron chi connectivity index (χ4n) is 2.79. The van der Waals surface area contributed by atoms with E-state index in [9.17, 15) is 4.39 Å². The Morgan fingerprint density at radius 2 is 2.04 bits per heavy atom. The summed E-state index contributed by atoms with van der Waals surface area (Å²) in [6.07, 6.45) is 1.47. The molecule has 0 bridgehead atoms. The van der Waals surface area contributed by atoms with Gasteiger partial charge in [-0.05, 0) is 37.3 Å². The second kappa shape index (κ2) is 6.42. The zero-order valence-corrected chi connectivity index (χ0v) is 14.9. The number of halogens is 2. The molecule has 2 heterocycles. The lowest BCUT2D eigenvalue weighted by Crippen LogP contribution is -1.99. The lowest BCUT2D eigenvalue weighted by molar-refractivity contribution is 0.304. The van der Waals surface area contributed by atoms with Crippen molar-refractivity contribution in [1.29, 1.82) is 0 Å². The molecule has 4 aromatic rings. The summed E-state index contributed by atoms with van der Waals surface area (Å²) in [4.78, 5) is 13.2. The summed E-state index contributed by atoms with van der Waals surface area (Å²) in [6.45, 7) is 2.45. The van der Waals surface area contributed by atoms with Crippen molar-refractivity contribution in [1.82, 2.24) is 19.5 Å². The number of rotatable bonds is 4. The summed E-state index contributed by atoms with van der Waals surface area (Å²) in [5.41, 5.74) is 3.08. The van der Waals surface area contributed by atoms with Gasteiger partial charge in [-0.25, -0.2) is 14.4 Å². The fraction of sp³-hybridized carbons (Fsp3) is 0.167. The van der Waals surface area contributed by atoms with Gasteiger partial charge in [-0.3, -0.25) is 4.57 Å². The van der Waals surface area contributed by atoms with Crippen molar-refractivity contribution < 1.29 is 9.13 Å². The lowest BCUT2D eigenvalue weighted by atomic mass is 10.2. The first kappa shape index (κ1) is 16.5. The van der Waals surface area contributed by atoms with Gasteiger partial charge in [0.1, 0.15) is 18.0 Å². The molecule has 1 N–H and O–H groups in total. The fourth-order valence-corrected chi connectivity index (χ4v) is 2.97. The Hall–Kier alpha value is -2.93. The first-order chi connectivity index (χ1) is 12.6. The molecule has 0 unspecified atom stereocenters. The predicted octanol–water partition coefficient (Wildman–Crippen LogP) is 4.45. The van der Waals surface area contributed by atoms with Gasteiger partial charge in [-0.1, -0.05) is 11.6 Å². The minimum atomic E-state index is -0.469. The number of aryl methyl sites for hydroxylation is 1. The van der Waals surface area contributed by atoms with Crippen molar-refractivity contribution in [2.75, 3.05) is 11.9 Å². The van der Waals surface area contributed by atoms with Crippen molar-refractivity contribution >= 4 is 45.0 Å². The normalized spacial score (nSPS) is 11.2. The Morgan fingerprint density at radius 1 is 1.19 bits per heavy atom. The van der Waals surface area contributed by atoms with Gasteiger partial charge in [-0.15, -0.1) is 0 Å². The number of imidazole rings is 1. The van der Waals surface area contributed by atoms with E-state index in [1.165, 1.54) is 18.5 Å². The van der Waals surface area contributed by atoms with Crippen LogP contribution in [-0.2, 0) is 7.05 Å². The van der Waals surface area contributed by atoms with Crippen molar-refractivity contribution in [3.8, 4) is 6.01 Å². The molecule has 0 saturated heterocycles. The van der Waals surface area contributed by atoms with Gasteiger partial charge in [0.15, 0.2) is 0 Å². The molecule has 0 atom stereocenters. The minimum Gasteiger partial charge on any atom is -0.465 e. The SMILES string of the molecule is CCOc1nc2cc3c(Nc4ccc(F)c(Cl)c4)ncnc3cc2n1C. The summed E-state index contributed by atoms with van der Waals surface area (Å²) in [6, 6.07) is 8.80. The number of hydrogen-bond acceptors (Lipinski definition) is 5. The highest BCUT2D eigenvalue weighted by atomic mass is 35.5. The zero-order chi connectivity index (χ0) is 18.3. The Labute approximate surface area is 153 Å². The number of benzene rings is 2. The maximum atomic E-state index is 13.4. The quantitative estimate of drug-likeness (QED) is 0.574. The molecule has 26 heavy (non-hydrogen) atoms. The van der Waals surface area contributed by atoms with Gasteiger partial charge in [-0.2, -0.15) is 4.98 Å². The second-order valence-corrected chi connectivity index (χ2v) is 6.13. The molecule has 0 fully saturated rings. The number of aromatic nitrogens is 4. The molecule has 132 valence electrons. The Balaban J connectivity index is 1.83. The molecule has 0 aliphatic rings. The van der Waals surface area contributed by atoms with Crippen LogP contribution in [0.3, 0.4) is 0 Å². The van der Waals surface area contributed by atoms with Gasteiger partial charge in [0.05, 0.1) is 28.2 Å². The Morgan fingerprint density at radius 3 is 2.81 bits per heavy atom. The number of hydrogen-bond donors (Lipinski definition) is 1. The van der Waals surface area contributed by atoms with E-state index in [1.54, 1.807) is 6.07 Å². The minimum absolute atomic E-state index is 0.0434. The smallest absolute Gasteiger partial charge is 0.297 e. The van der Waals surface area contributed by atoms with Crippen LogP contribution in [0.15, 0.2) is 36.7 Å². The van der Waals surface area contributed by atoms with E-state index >= 15 is 0 Å². The average Bonchev–Trinajstić information content (AvgIpc) is 2.93. The maximum Gasteiger partial charge on any atom is 0.297 e. The topological polar surface area (TPSA) is 64.9 Å². The van der Waals surface area contributed by atoms with Crippen molar-refractivity contribution in [2.45, 2.75) is 6.92 Å². The molecule has 0 amide bonds. The molecular weight excluding hydrogens is 357 g/mol. The molecule has 0 spiro atoms. The molecule has 0 aliphatic heterocycles. The first-order valence-electron chi connectivity index (χ1n) is 8.03. The third kappa shape index (κ3) is 2.80. The predicted molar refractivity (Wildman–Crippen MR) is 99.7 cm³/mol. The Bertz CT molecular complexity index is 1130. The van der Waals surface area contributed by atoms with Crippen LogP contribution in [0.1, 0.15) is 6.92 Å². The molecular formula is C18H15ClFN5O. The highest BCUT2D eigenvalue weighted by molar-refractivity contribution is 6.31. The second-order valence-electron chi connectivity index (χ2n) is 5.72. The van der Waals surface area contributed by atoms with Gasteiger partial charge in [0.25, 0.3) is 6.01 Å². The van der Waals surface area contributed by atoms with Crippen LogP contribution in [0.25, 0.3) is 21.9 Å². The highest BCUT2D eigenvalue weighted by Gasteiger charge is 2.13. The van der Waals surface area contributed by atoms with Gasteiger partial charge in [0, 0.05) is 18.1 Å². The number of nitrogens with one attached hydrogen (secondary N) is 1. The molecule has 0 aliphatic carbocycles. The van der Waals surface area contributed by atoms with Gasteiger partial charge in [0.2, 0.25) is 0 Å². The molecule has 0 radical (unpaired) electrons. The molecule has 2 aromatic carbocycles. The van der Waals surface area contributed by atoms with Crippen LogP contribution in [0.4, 0.5) is 15.9 Å². The number of anilines is 2. The van der Waals surface area contributed by atoms with Crippen LogP contribution in [0, 0.1) is 5.82 Å². The molecule has 2 aromatic heterocycles.